The third-order valence-electron chi connectivity index (χ3n) is 4.72. The Bertz CT molecular complexity index is 1370. The first kappa shape index (κ1) is 20.8. The summed E-state index contributed by atoms with van der Waals surface area (Å²) in [6.07, 6.45) is 0. The smallest absolute Gasteiger partial charge is 0.200 e. The molecule has 1 heterocycles. The Morgan fingerprint density at radius 3 is 2.16 bits per heavy atom. The number of para-hydroxylation sites is 2. The fraction of sp³-hybridized carbons (Fsp3) is 0.0870. The third-order valence-corrected chi connectivity index (χ3v) is 6.85. The lowest BCUT2D eigenvalue weighted by atomic mass is 10.2. The van der Waals surface area contributed by atoms with Gasteiger partial charge in [-0.25, -0.2) is 18.4 Å². The Labute approximate surface area is 185 Å². The fourth-order valence-corrected chi connectivity index (χ4v) is 4.66. The zero-order valence-electron chi connectivity index (χ0n) is 16.2. The van der Waals surface area contributed by atoms with E-state index < -0.39 is 15.1 Å². The van der Waals surface area contributed by atoms with E-state index in [1.54, 1.807) is 18.2 Å². The lowest BCUT2D eigenvalue weighted by Crippen LogP contribution is -2.17. The second-order valence-electron chi connectivity index (χ2n) is 6.79. The Morgan fingerprint density at radius 1 is 0.903 bits per heavy atom. The summed E-state index contributed by atoms with van der Waals surface area (Å²) in [4.78, 5) is 9.08. The normalized spacial score (nSPS) is 12.3. The molecule has 0 saturated heterocycles. The molecule has 4 aromatic rings. The largest absolute Gasteiger partial charge is 0.364 e. The molecule has 0 spiro atoms. The molecule has 0 unspecified atom stereocenters. The highest BCUT2D eigenvalue weighted by Gasteiger charge is 2.33. The molecule has 0 amide bonds. The highest BCUT2D eigenvalue weighted by atomic mass is 35.5. The number of anilines is 1. The van der Waals surface area contributed by atoms with Gasteiger partial charge in [-0.3, -0.25) is 0 Å². The van der Waals surface area contributed by atoms with Crippen LogP contribution in [0.2, 0.25) is 5.02 Å². The van der Waals surface area contributed by atoms with Crippen LogP contribution in [-0.2, 0) is 16.4 Å². The SMILES string of the molecule is N#C[C@H](c1nc2ccccc2nc1NCc1ccccc1)S(=O)(=O)c1ccc(Cl)cc1. The minimum absolute atomic E-state index is 0.00702. The highest BCUT2D eigenvalue weighted by Crippen LogP contribution is 2.33. The summed E-state index contributed by atoms with van der Waals surface area (Å²) in [6, 6.07) is 24.4. The molecule has 0 saturated carbocycles. The summed E-state index contributed by atoms with van der Waals surface area (Å²) in [5.41, 5.74) is 2.15. The molecule has 8 heteroatoms. The van der Waals surface area contributed by atoms with Gasteiger partial charge in [-0.15, -0.1) is 0 Å². The van der Waals surface area contributed by atoms with E-state index in [-0.39, 0.29) is 16.4 Å². The maximum absolute atomic E-state index is 13.3. The van der Waals surface area contributed by atoms with E-state index in [0.717, 1.165) is 5.56 Å². The number of hydrogen-bond donors (Lipinski definition) is 1. The number of nitrogens with zero attached hydrogens (tertiary/aromatic N) is 3. The zero-order valence-corrected chi connectivity index (χ0v) is 17.8. The quantitative estimate of drug-likeness (QED) is 0.449. The topological polar surface area (TPSA) is 95.7 Å². The molecule has 0 aliphatic heterocycles. The van der Waals surface area contributed by atoms with Crippen LogP contribution < -0.4 is 5.32 Å². The molecule has 0 aliphatic carbocycles. The van der Waals surface area contributed by atoms with Crippen LogP contribution in [0.5, 0.6) is 0 Å². The molecule has 0 fully saturated rings. The van der Waals surface area contributed by atoms with Crippen molar-refractivity contribution in [3.05, 3.63) is 95.1 Å². The minimum Gasteiger partial charge on any atom is -0.364 e. The van der Waals surface area contributed by atoms with Crippen LogP contribution in [0.4, 0.5) is 5.82 Å². The van der Waals surface area contributed by atoms with Gasteiger partial charge in [0, 0.05) is 11.6 Å². The first-order chi connectivity index (χ1) is 15.0. The Morgan fingerprint density at radius 2 is 1.52 bits per heavy atom. The van der Waals surface area contributed by atoms with Crippen molar-refractivity contribution in [1.29, 1.82) is 5.26 Å². The molecule has 0 aliphatic rings. The highest BCUT2D eigenvalue weighted by molar-refractivity contribution is 7.92. The van der Waals surface area contributed by atoms with E-state index in [9.17, 15) is 13.7 Å². The molecule has 3 aromatic carbocycles. The number of nitrogens with one attached hydrogen (secondary N) is 1. The first-order valence-electron chi connectivity index (χ1n) is 9.42. The summed E-state index contributed by atoms with van der Waals surface area (Å²) < 4.78 is 26.6. The minimum atomic E-state index is -4.06. The van der Waals surface area contributed by atoms with E-state index >= 15 is 0 Å². The molecule has 0 bridgehead atoms. The van der Waals surface area contributed by atoms with E-state index in [0.29, 0.717) is 22.6 Å². The van der Waals surface area contributed by atoms with Crippen LogP contribution in [-0.4, -0.2) is 18.4 Å². The molecule has 6 nitrogen and oxygen atoms in total. The van der Waals surface area contributed by atoms with Gasteiger partial charge in [0.05, 0.1) is 22.0 Å². The molecular formula is C23H17ClN4O2S. The Hall–Kier alpha value is -3.47. The molecule has 31 heavy (non-hydrogen) atoms. The van der Waals surface area contributed by atoms with Gasteiger partial charge >= 0.3 is 0 Å². The van der Waals surface area contributed by atoms with Crippen molar-refractivity contribution in [2.24, 2.45) is 0 Å². The average molecular weight is 449 g/mol. The predicted molar refractivity (Wildman–Crippen MR) is 120 cm³/mol. The monoisotopic (exact) mass is 448 g/mol. The van der Waals surface area contributed by atoms with Crippen molar-refractivity contribution in [2.45, 2.75) is 16.7 Å². The van der Waals surface area contributed by atoms with E-state index in [1.807, 2.05) is 42.5 Å². The number of hydrogen-bond acceptors (Lipinski definition) is 6. The lowest BCUT2D eigenvalue weighted by molar-refractivity contribution is 0.590. The summed E-state index contributed by atoms with van der Waals surface area (Å²) in [5.74, 6) is 0.256. The maximum Gasteiger partial charge on any atom is 0.200 e. The number of sulfone groups is 1. The van der Waals surface area contributed by atoms with Crippen LogP contribution >= 0.6 is 11.6 Å². The molecule has 1 N–H and O–H groups in total. The van der Waals surface area contributed by atoms with Crippen molar-refractivity contribution in [1.82, 2.24) is 9.97 Å². The van der Waals surface area contributed by atoms with Gasteiger partial charge in [0.1, 0.15) is 5.69 Å². The lowest BCUT2D eigenvalue weighted by Gasteiger charge is -2.16. The maximum atomic E-state index is 13.3. The molecule has 154 valence electrons. The number of halogens is 1. The molecule has 0 radical (unpaired) electrons. The summed E-state index contributed by atoms with van der Waals surface area (Å²) in [5, 5.41) is 11.9. The Kier molecular flexibility index (Phi) is 5.85. The van der Waals surface area contributed by atoms with Gasteiger partial charge in [-0.05, 0) is 42.0 Å². The van der Waals surface area contributed by atoms with Gasteiger partial charge in [0.2, 0.25) is 9.84 Å². The standard InChI is InChI=1S/C23H17ClN4O2S/c24-17-10-12-18(13-11-17)31(29,30)21(14-25)22-23(26-15-16-6-2-1-3-7-16)28-20-9-5-4-8-19(20)27-22/h1-13,21H,15H2,(H,26,28)/t21-/m1/s1. The van der Waals surface area contributed by atoms with Crippen molar-refractivity contribution in [3.8, 4) is 6.07 Å². The van der Waals surface area contributed by atoms with Crippen LogP contribution in [0.15, 0.2) is 83.8 Å². The zero-order chi connectivity index (χ0) is 21.8. The molecular weight excluding hydrogens is 432 g/mol. The fourth-order valence-electron chi connectivity index (χ4n) is 3.15. The number of benzene rings is 3. The molecule has 4 rings (SSSR count). The first-order valence-corrected chi connectivity index (χ1v) is 11.3. The van der Waals surface area contributed by atoms with Crippen LogP contribution in [0, 0.1) is 11.3 Å². The second kappa shape index (κ2) is 8.72. The number of fused-ring (bicyclic) bond motifs is 1. The summed E-state index contributed by atoms with van der Waals surface area (Å²) in [7, 11) is -4.06. The van der Waals surface area contributed by atoms with E-state index in [2.05, 4.69) is 15.3 Å². The van der Waals surface area contributed by atoms with Crippen molar-refractivity contribution in [3.63, 3.8) is 0 Å². The predicted octanol–water partition coefficient (Wildman–Crippen LogP) is 4.93. The van der Waals surface area contributed by atoms with E-state index in [4.69, 9.17) is 11.6 Å². The average Bonchev–Trinajstić information content (AvgIpc) is 2.79. The van der Waals surface area contributed by atoms with Crippen LogP contribution in [0.3, 0.4) is 0 Å². The van der Waals surface area contributed by atoms with Gasteiger partial charge in [0.15, 0.2) is 11.1 Å². The molecule has 1 atom stereocenters. The van der Waals surface area contributed by atoms with Gasteiger partial charge in [-0.1, -0.05) is 54.1 Å². The van der Waals surface area contributed by atoms with E-state index in [1.165, 1.54) is 24.3 Å². The number of aromatic nitrogens is 2. The second-order valence-corrected chi connectivity index (χ2v) is 9.26. The van der Waals surface area contributed by atoms with Gasteiger partial charge < -0.3 is 5.32 Å². The van der Waals surface area contributed by atoms with Gasteiger partial charge in [-0.2, -0.15) is 5.26 Å². The van der Waals surface area contributed by atoms with Crippen LogP contribution in [0.25, 0.3) is 11.0 Å². The molecule has 1 aromatic heterocycles. The van der Waals surface area contributed by atoms with Crippen LogP contribution in [0.1, 0.15) is 16.5 Å². The van der Waals surface area contributed by atoms with Crippen molar-refractivity contribution >= 4 is 38.3 Å². The number of rotatable bonds is 6. The number of nitriles is 1. The van der Waals surface area contributed by atoms with Crippen molar-refractivity contribution < 1.29 is 8.42 Å². The Balaban J connectivity index is 1.81. The summed E-state index contributed by atoms with van der Waals surface area (Å²) >= 11 is 5.89. The third kappa shape index (κ3) is 4.36. The van der Waals surface area contributed by atoms with Gasteiger partial charge in [0.25, 0.3) is 0 Å². The van der Waals surface area contributed by atoms with Crippen molar-refractivity contribution in [2.75, 3.05) is 5.32 Å². The summed E-state index contributed by atoms with van der Waals surface area (Å²) in [6.45, 7) is 0.403.